The van der Waals surface area contributed by atoms with Crippen molar-refractivity contribution in [2.24, 2.45) is 0 Å². The monoisotopic (exact) mass is 283 g/mol. The Morgan fingerprint density at radius 1 is 1.25 bits per heavy atom. The fourth-order valence-corrected chi connectivity index (χ4v) is 2.94. The predicted octanol–water partition coefficient (Wildman–Crippen LogP) is 3.55. The topological polar surface area (TPSA) is 66.5 Å². The molecule has 0 unspecified atom stereocenters. The van der Waals surface area contributed by atoms with E-state index in [1.807, 2.05) is 29.8 Å². The molecule has 0 aliphatic heterocycles. The fourth-order valence-electron chi connectivity index (χ4n) is 2.16. The SMILES string of the molecule is c1ccc(Nc2csc(-c3c[nH]nc3C3CC3)n2)nc1. The molecule has 1 saturated carbocycles. The average Bonchev–Trinajstić information content (AvgIpc) is 3.02. The maximum atomic E-state index is 4.63. The molecule has 0 atom stereocenters. The lowest BCUT2D eigenvalue weighted by atomic mass is 10.2. The fraction of sp³-hybridized carbons (Fsp3) is 0.214. The maximum absolute atomic E-state index is 4.63. The predicted molar refractivity (Wildman–Crippen MR) is 79.2 cm³/mol. The number of aromatic nitrogens is 4. The van der Waals surface area contributed by atoms with Crippen molar-refractivity contribution in [3.8, 4) is 10.6 Å². The summed E-state index contributed by atoms with van der Waals surface area (Å²) in [5, 5.41) is 13.5. The number of rotatable bonds is 4. The van der Waals surface area contributed by atoms with Gasteiger partial charge in [0.05, 0.1) is 11.3 Å². The van der Waals surface area contributed by atoms with E-state index in [1.165, 1.54) is 12.8 Å². The molecule has 0 saturated heterocycles. The molecule has 1 fully saturated rings. The van der Waals surface area contributed by atoms with E-state index in [1.54, 1.807) is 17.5 Å². The molecule has 5 nitrogen and oxygen atoms in total. The molecule has 20 heavy (non-hydrogen) atoms. The molecule has 4 rings (SSSR count). The zero-order chi connectivity index (χ0) is 13.4. The second-order valence-electron chi connectivity index (χ2n) is 4.84. The van der Waals surface area contributed by atoms with Crippen molar-refractivity contribution in [2.45, 2.75) is 18.8 Å². The molecule has 0 amide bonds. The number of anilines is 2. The van der Waals surface area contributed by atoms with Gasteiger partial charge in [0.1, 0.15) is 16.6 Å². The van der Waals surface area contributed by atoms with Crippen LogP contribution in [-0.2, 0) is 0 Å². The number of nitrogens with one attached hydrogen (secondary N) is 2. The van der Waals surface area contributed by atoms with Crippen molar-refractivity contribution >= 4 is 23.0 Å². The standard InChI is InChI=1S/C14H13N5S/c1-2-6-15-11(3-1)17-12-8-20-14(18-12)10-7-16-19-13(10)9-4-5-9/h1-3,6-9H,4-5H2,(H,15,17)(H,16,19). The van der Waals surface area contributed by atoms with Gasteiger partial charge in [0, 0.05) is 23.7 Å². The van der Waals surface area contributed by atoms with Gasteiger partial charge in [-0.1, -0.05) is 6.07 Å². The molecule has 3 aromatic rings. The lowest BCUT2D eigenvalue weighted by molar-refractivity contribution is 0.966. The summed E-state index contributed by atoms with van der Waals surface area (Å²) in [4.78, 5) is 8.86. The van der Waals surface area contributed by atoms with Crippen LogP contribution in [0.3, 0.4) is 0 Å². The van der Waals surface area contributed by atoms with Crippen LogP contribution in [0.4, 0.5) is 11.6 Å². The normalized spacial score (nSPS) is 14.4. The number of aromatic amines is 1. The summed E-state index contributed by atoms with van der Waals surface area (Å²) < 4.78 is 0. The lowest BCUT2D eigenvalue weighted by Crippen LogP contribution is -1.92. The van der Waals surface area contributed by atoms with Crippen molar-refractivity contribution in [1.82, 2.24) is 20.2 Å². The second kappa shape index (κ2) is 4.72. The van der Waals surface area contributed by atoms with Gasteiger partial charge in [0.25, 0.3) is 0 Å². The van der Waals surface area contributed by atoms with Crippen LogP contribution >= 0.6 is 11.3 Å². The van der Waals surface area contributed by atoms with Crippen molar-refractivity contribution < 1.29 is 0 Å². The third-order valence-corrected chi connectivity index (χ3v) is 4.17. The number of hydrogen-bond donors (Lipinski definition) is 2. The van der Waals surface area contributed by atoms with Gasteiger partial charge >= 0.3 is 0 Å². The van der Waals surface area contributed by atoms with Crippen LogP contribution in [0.5, 0.6) is 0 Å². The molecule has 6 heteroatoms. The molecule has 100 valence electrons. The van der Waals surface area contributed by atoms with E-state index in [0.29, 0.717) is 5.92 Å². The Balaban J connectivity index is 1.60. The van der Waals surface area contributed by atoms with Crippen molar-refractivity contribution in [2.75, 3.05) is 5.32 Å². The smallest absolute Gasteiger partial charge is 0.143 e. The Morgan fingerprint density at radius 3 is 3.00 bits per heavy atom. The minimum Gasteiger partial charge on any atom is -0.324 e. The molecule has 3 heterocycles. The van der Waals surface area contributed by atoms with Crippen LogP contribution in [0.2, 0.25) is 0 Å². The summed E-state index contributed by atoms with van der Waals surface area (Å²) in [5.74, 6) is 2.25. The lowest BCUT2D eigenvalue weighted by Gasteiger charge is -2.00. The van der Waals surface area contributed by atoms with Gasteiger partial charge in [0.2, 0.25) is 0 Å². The summed E-state index contributed by atoms with van der Waals surface area (Å²) in [6.45, 7) is 0. The number of H-pyrrole nitrogens is 1. The second-order valence-corrected chi connectivity index (χ2v) is 5.69. The molecule has 1 aliphatic rings. The molecular weight excluding hydrogens is 270 g/mol. The zero-order valence-corrected chi connectivity index (χ0v) is 11.5. The van der Waals surface area contributed by atoms with Crippen LogP contribution in [-0.4, -0.2) is 20.2 Å². The quantitative estimate of drug-likeness (QED) is 0.768. The summed E-state index contributed by atoms with van der Waals surface area (Å²) in [6.07, 6.45) is 6.18. The first-order chi connectivity index (χ1) is 9.90. The van der Waals surface area contributed by atoms with Gasteiger partial charge in [-0.2, -0.15) is 5.10 Å². The minimum absolute atomic E-state index is 0.618. The van der Waals surface area contributed by atoms with Gasteiger partial charge in [-0.3, -0.25) is 5.10 Å². The van der Waals surface area contributed by atoms with Gasteiger partial charge in [-0.05, 0) is 25.0 Å². The van der Waals surface area contributed by atoms with E-state index >= 15 is 0 Å². The highest BCUT2D eigenvalue weighted by atomic mass is 32.1. The van der Waals surface area contributed by atoms with E-state index < -0.39 is 0 Å². The average molecular weight is 283 g/mol. The van der Waals surface area contributed by atoms with E-state index in [9.17, 15) is 0 Å². The van der Waals surface area contributed by atoms with Gasteiger partial charge in [-0.15, -0.1) is 11.3 Å². The first-order valence-corrected chi connectivity index (χ1v) is 7.46. The maximum Gasteiger partial charge on any atom is 0.143 e. The van der Waals surface area contributed by atoms with Crippen LogP contribution in [0.1, 0.15) is 24.5 Å². The molecular formula is C14H13N5S. The number of pyridine rings is 1. The number of nitrogens with zero attached hydrogens (tertiary/aromatic N) is 3. The van der Waals surface area contributed by atoms with Crippen LogP contribution in [0.25, 0.3) is 10.6 Å². The number of thiazole rings is 1. The van der Waals surface area contributed by atoms with E-state index in [2.05, 4.69) is 25.5 Å². The molecule has 0 radical (unpaired) electrons. The Kier molecular flexibility index (Phi) is 2.74. The van der Waals surface area contributed by atoms with E-state index in [4.69, 9.17) is 0 Å². The van der Waals surface area contributed by atoms with Gasteiger partial charge < -0.3 is 5.32 Å². The van der Waals surface area contributed by atoms with E-state index in [-0.39, 0.29) is 0 Å². The highest BCUT2D eigenvalue weighted by molar-refractivity contribution is 7.13. The summed E-state index contributed by atoms with van der Waals surface area (Å²) in [7, 11) is 0. The number of hydrogen-bond acceptors (Lipinski definition) is 5. The molecule has 1 aliphatic carbocycles. The summed E-state index contributed by atoms with van der Waals surface area (Å²) in [5.41, 5.74) is 2.29. The zero-order valence-electron chi connectivity index (χ0n) is 10.7. The Morgan fingerprint density at radius 2 is 2.20 bits per heavy atom. The van der Waals surface area contributed by atoms with Crippen LogP contribution < -0.4 is 5.32 Å². The molecule has 0 bridgehead atoms. The molecule has 3 aromatic heterocycles. The van der Waals surface area contributed by atoms with Gasteiger partial charge in [-0.25, -0.2) is 9.97 Å². The first kappa shape index (κ1) is 11.6. The van der Waals surface area contributed by atoms with Crippen LogP contribution in [0, 0.1) is 0 Å². The third-order valence-electron chi connectivity index (χ3n) is 3.29. The molecule has 0 spiro atoms. The van der Waals surface area contributed by atoms with E-state index in [0.717, 1.165) is 27.9 Å². The molecule has 2 N–H and O–H groups in total. The largest absolute Gasteiger partial charge is 0.324 e. The van der Waals surface area contributed by atoms with Gasteiger partial charge in [0.15, 0.2) is 0 Å². The summed E-state index contributed by atoms with van der Waals surface area (Å²) in [6, 6.07) is 5.77. The third kappa shape index (κ3) is 2.18. The summed E-state index contributed by atoms with van der Waals surface area (Å²) >= 11 is 1.62. The van der Waals surface area contributed by atoms with Crippen LogP contribution in [0.15, 0.2) is 36.0 Å². The highest BCUT2D eigenvalue weighted by Crippen LogP contribution is 2.43. The van der Waals surface area contributed by atoms with Crippen molar-refractivity contribution in [1.29, 1.82) is 0 Å². The Bertz CT molecular complexity index is 714. The first-order valence-electron chi connectivity index (χ1n) is 6.58. The Hall–Kier alpha value is -2.21. The van der Waals surface area contributed by atoms with Crippen molar-refractivity contribution in [3.63, 3.8) is 0 Å². The minimum atomic E-state index is 0.618. The Labute approximate surface area is 120 Å². The molecule has 0 aromatic carbocycles. The van der Waals surface area contributed by atoms with Crippen molar-refractivity contribution in [3.05, 3.63) is 41.7 Å². The highest BCUT2D eigenvalue weighted by Gasteiger charge is 2.29.